The Hall–Kier alpha value is 1.74. The molecule has 0 aliphatic heterocycles. The first-order chi connectivity index (χ1) is 15.1. The predicted octanol–water partition coefficient (Wildman–Crippen LogP) is 11.0. The van der Waals surface area contributed by atoms with Crippen molar-refractivity contribution < 1.29 is 0 Å². The molecule has 0 spiro atoms. The zero-order valence-corrected chi connectivity index (χ0v) is 38.0. The molecule has 0 saturated carbocycles. The van der Waals surface area contributed by atoms with Crippen LogP contribution >= 0.6 is 0 Å². The molecule has 2 radical (unpaired) electrons. The van der Waals surface area contributed by atoms with E-state index in [4.69, 9.17) is 0 Å². The lowest BCUT2D eigenvalue weighted by molar-refractivity contribution is 0.723. The lowest BCUT2D eigenvalue weighted by atomic mass is 10.2. The smallest absolute Gasteiger partial charge is 0.0388 e. The molecule has 0 aromatic carbocycles. The van der Waals surface area contributed by atoms with Gasteiger partial charge in [0, 0.05) is 59.3 Å². The normalized spacial score (nSPS) is 16.8. The van der Waals surface area contributed by atoms with Crippen molar-refractivity contribution in [3.05, 3.63) is 0 Å². The summed E-state index contributed by atoms with van der Waals surface area (Å²) in [6.07, 6.45) is -3.49. The van der Waals surface area contributed by atoms with Crippen molar-refractivity contribution in [1.29, 1.82) is 0 Å². The van der Waals surface area contributed by atoms with Gasteiger partial charge in [0.1, 0.15) is 0 Å². The highest BCUT2D eigenvalue weighted by Crippen LogP contribution is 2.63. The van der Waals surface area contributed by atoms with Crippen molar-refractivity contribution in [2.24, 2.45) is 0 Å². The highest BCUT2D eigenvalue weighted by molar-refractivity contribution is 8.26. The third kappa shape index (κ3) is 4.80. The van der Waals surface area contributed by atoms with Crippen LogP contribution in [0.3, 0.4) is 0 Å². The summed E-state index contributed by atoms with van der Waals surface area (Å²) in [7, 11) is -7.62. The topological polar surface area (TPSA) is 0 Å². The fourth-order valence-electron chi connectivity index (χ4n) is 8.94. The van der Waals surface area contributed by atoms with Gasteiger partial charge in [0.2, 0.25) is 0 Å². The first-order valence-electron chi connectivity index (χ1n) is 14.8. The van der Waals surface area contributed by atoms with Crippen LogP contribution in [0.5, 0.6) is 0 Å². The summed E-state index contributed by atoms with van der Waals surface area (Å²) in [5.74, 6) is 0. The first kappa shape index (κ1) is 37.7. The third-order valence-electron chi connectivity index (χ3n) is 13.3. The van der Waals surface area contributed by atoms with Crippen molar-refractivity contribution >= 4 is 59.3 Å². The molecule has 0 rings (SSSR count). The van der Waals surface area contributed by atoms with Gasteiger partial charge in [-0.3, -0.25) is 0 Å². The Kier molecular flexibility index (Phi) is 10.7. The van der Waals surface area contributed by atoms with Crippen LogP contribution in [0.15, 0.2) is 0 Å². The number of hydrogen-bond donors (Lipinski definition) is 0. The lowest BCUT2D eigenvalue weighted by Crippen LogP contribution is -3.07. The summed E-state index contributed by atoms with van der Waals surface area (Å²) < 4.78 is 0. The molecule has 0 N–H and O–H groups in total. The molecule has 0 fully saturated rings. The van der Waals surface area contributed by atoms with Gasteiger partial charge in [-0.25, -0.2) is 0 Å². The summed E-state index contributed by atoms with van der Waals surface area (Å²) in [5.41, 5.74) is 0. The van der Waals surface area contributed by atoms with Gasteiger partial charge in [-0.05, 0) is 20.2 Å². The Bertz CT molecular complexity index is 645. The van der Waals surface area contributed by atoms with Crippen molar-refractivity contribution in [3.8, 4) is 0 Å². The highest BCUT2D eigenvalue weighted by atomic mass is 30.4. The molecule has 0 saturated heterocycles. The fourth-order valence-corrected chi connectivity index (χ4v) is 383. The number of rotatable bonds is 7. The van der Waals surface area contributed by atoms with E-state index in [0.29, 0.717) is 20.2 Å². The average molecular weight is 634 g/mol. The van der Waals surface area contributed by atoms with E-state index in [2.05, 4.69) is 162 Å². The van der Waals surface area contributed by atoms with Crippen LogP contribution in [0.2, 0.25) is 98.7 Å². The molecule has 0 atom stereocenters. The molecule has 0 aliphatic carbocycles. The van der Waals surface area contributed by atoms with Gasteiger partial charge >= 0.3 is 0 Å². The van der Waals surface area contributed by atoms with E-state index in [1.165, 1.54) is 0 Å². The quantitative estimate of drug-likeness (QED) is 0.245. The van der Waals surface area contributed by atoms with Crippen LogP contribution in [0.4, 0.5) is 0 Å². The van der Waals surface area contributed by atoms with Gasteiger partial charge in [-0.15, -0.1) is 0 Å². The van der Waals surface area contributed by atoms with E-state index in [1.54, 1.807) is 0 Å². The zero-order chi connectivity index (χ0) is 30.2. The molecule has 0 aliphatic rings. The van der Waals surface area contributed by atoms with Gasteiger partial charge < -0.3 is 0 Å². The molecular formula is C28H72Si8. The van der Waals surface area contributed by atoms with Gasteiger partial charge in [0.05, 0.1) is 0 Å². The largest absolute Gasteiger partial charge is 0.0739 e. The molecule has 0 bridgehead atoms. The maximum absolute atomic E-state index is 3.00. The molecule has 0 aromatic rings. The summed E-state index contributed by atoms with van der Waals surface area (Å²) in [4.78, 5) is 0. The Balaban J connectivity index is 9.34. The molecular weight excluding hydrogens is 561 g/mol. The van der Waals surface area contributed by atoms with E-state index < -0.39 is 59.3 Å². The second-order valence-corrected chi connectivity index (χ2v) is 102. The van der Waals surface area contributed by atoms with Crippen LogP contribution in [0.1, 0.15) is 83.1 Å². The van der Waals surface area contributed by atoms with Crippen LogP contribution in [0, 0.1) is 0 Å². The van der Waals surface area contributed by atoms with E-state index in [1.807, 2.05) is 0 Å². The molecule has 216 valence electrons. The minimum atomic E-state index is -1.74. The monoisotopic (exact) mass is 632 g/mol. The van der Waals surface area contributed by atoms with Crippen LogP contribution < -0.4 is 0 Å². The summed E-state index contributed by atoms with van der Waals surface area (Å²) in [6, 6.07) is 0. The summed E-state index contributed by atoms with van der Waals surface area (Å²) >= 11 is 0. The minimum absolute atomic E-state index is 0.469. The van der Waals surface area contributed by atoms with Crippen molar-refractivity contribution in [2.75, 3.05) is 0 Å². The molecule has 0 aromatic heterocycles. The van der Waals surface area contributed by atoms with Gasteiger partial charge in [-0.1, -0.05) is 162 Å². The minimum Gasteiger partial charge on any atom is -0.0739 e. The van der Waals surface area contributed by atoms with Crippen LogP contribution in [0.25, 0.3) is 0 Å². The van der Waals surface area contributed by atoms with E-state index in [-0.39, 0.29) is 0 Å². The van der Waals surface area contributed by atoms with E-state index in [0.717, 1.165) is 0 Å². The van der Waals surface area contributed by atoms with Gasteiger partial charge in [0.15, 0.2) is 0 Å². The lowest BCUT2D eigenvalue weighted by Gasteiger charge is -2.79. The summed E-state index contributed by atoms with van der Waals surface area (Å²) in [5, 5.41) is 1.88. The first-order valence-corrected chi connectivity index (χ1v) is 42.8. The molecule has 0 nitrogen and oxygen atoms in total. The molecule has 0 amide bonds. The number of hydrogen-bond acceptors (Lipinski definition) is 0. The van der Waals surface area contributed by atoms with Crippen molar-refractivity contribution in [3.63, 3.8) is 0 Å². The third-order valence-corrected chi connectivity index (χ3v) is 219. The highest BCUT2D eigenvalue weighted by Gasteiger charge is 2.83. The summed E-state index contributed by atoms with van der Waals surface area (Å²) in [6.45, 7) is 68.2. The van der Waals surface area contributed by atoms with E-state index in [9.17, 15) is 0 Å². The van der Waals surface area contributed by atoms with Gasteiger partial charge in [-0.2, -0.15) is 0 Å². The predicted molar refractivity (Wildman–Crippen MR) is 195 cm³/mol. The second kappa shape index (κ2) is 10.2. The maximum atomic E-state index is 3.00. The maximum Gasteiger partial charge on any atom is 0.0388 e. The SMILES string of the molecule is C[Si](C)[Si]([Si](C)(C)C(C)(C)C)([Si](C)(C)C(C)(C)C)[Si]([Si](C)C)([Si](C)(C)C(C)(C)C)[Si](C)(C)C(C)(C)C. The molecule has 36 heavy (non-hydrogen) atoms. The van der Waals surface area contributed by atoms with Crippen LogP contribution in [-0.2, 0) is 0 Å². The van der Waals surface area contributed by atoms with Gasteiger partial charge in [0.25, 0.3) is 0 Å². The molecule has 8 heteroatoms. The van der Waals surface area contributed by atoms with Crippen molar-refractivity contribution in [1.82, 2.24) is 0 Å². The molecule has 0 heterocycles. The second-order valence-electron chi connectivity index (χ2n) is 19.0. The van der Waals surface area contributed by atoms with Crippen LogP contribution in [-0.4, -0.2) is 59.3 Å². The van der Waals surface area contributed by atoms with Crippen molar-refractivity contribution in [2.45, 2.75) is 182 Å². The average Bonchev–Trinajstić information content (AvgIpc) is 2.53. The zero-order valence-electron chi connectivity index (χ0n) is 30.0. The van der Waals surface area contributed by atoms with E-state index >= 15 is 0 Å². The fraction of sp³-hybridized carbons (Fsp3) is 1.00. The Morgan fingerprint density at radius 1 is 0.306 bits per heavy atom. The Morgan fingerprint density at radius 2 is 0.417 bits per heavy atom. The standard InChI is InChI=1S/C28H72Si8/c1-25(2,3)31(17,18)35(29(13)14,32(19,20)26(4,5)6)36(30(15)16,33(21,22)27(7,8)9)34(23,24)28(10,11)12/h1-24H3. The Labute approximate surface area is 239 Å². The molecule has 0 unspecified atom stereocenters. The Morgan fingerprint density at radius 3 is 0.472 bits per heavy atom.